The molecule has 0 aliphatic carbocycles. The van der Waals surface area contributed by atoms with Gasteiger partial charge in [-0.15, -0.1) is 11.3 Å². The van der Waals surface area contributed by atoms with E-state index in [9.17, 15) is 14.4 Å². The largest absolute Gasteiger partial charge is 0.439 e. The molecule has 12 heteroatoms. The van der Waals surface area contributed by atoms with Gasteiger partial charge in [0.15, 0.2) is 0 Å². The zero-order chi connectivity index (χ0) is 26.4. The number of aldehydes is 1. The SMILES string of the molecule is COCC(C)(C=O)Cn1c(=O)nc(Nc2ccc(Oc3ccccn3)cc2)n(Cc2ccc(Cl)s2)c1=O. The highest BCUT2D eigenvalue weighted by Crippen LogP contribution is 2.25. The molecule has 4 aromatic rings. The molecule has 0 amide bonds. The Balaban J connectivity index is 1.67. The third-order valence-corrected chi connectivity index (χ3v) is 6.56. The first-order chi connectivity index (χ1) is 17.8. The highest BCUT2D eigenvalue weighted by atomic mass is 35.5. The van der Waals surface area contributed by atoms with Crippen LogP contribution in [-0.4, -0.2) is 39.1 Å². The number of methoxy groups -OCH3 is 1. The first kappa shape index (κ1) is 26.3. The van der Waals surface area contributed by atoms with Gasteiger partial charge in [-0.2, -0.15) is 4.98 Å². The van der Waals surface area contributed by atoms with Crippen molar-refractivity contribution in [2.45, 2.75) is 20.0 Å². The number of rotatable bonds is 11. The summed E-state index contributed by atoms with van der Waals surface area (Å²) in [6.07, 6.45) is 2.30. The lowest BCUT2D eigenvalue weighted by Gasteiger charge is -2.23. The lowest BCUT2D eigenvalue weighted by Crippen LogP contribution is -2.47. The van der Waals surface area contributed by atoms with Gasteiger partial charge < -0.3 is 19.6 Å². The number of benzene rings is 1. The zero-order valence-corrected chi connectivity index (χ0v) is 21.7. The smallest absolute Gasteiger partial charge is 0.354 e. The number of nitrogens with one attached hydrogen (secondary N) is 1. The Bertz CT molecular complexity index is 1490. The van der Waals surface area contributed by atoms with Crippen molar-refractivity contribution in [3.63, 3.8) is 0 Å². The van der Waals surface area contributed by atoms with E-state index < -0.39 is 16.8 Å². The number of pyridine rings is 1. The van der Waals surface area contributed by atoms with Gasteiger partial charge in [-0.05, 0) is 49.4 Å². The van der Waals surface area contributed by atoms with Crippen molar-refractivity contribution in [1.29, 1.82) is 0 Å². The summed E-state index contributed by atoms with van der Waals surface area (Å²) in [6, 6.07) is 15.8. The maximum absolute atomic E-state index is 13.5. The summed E-state index contributed by atoms with van der Waals surface area (Å²) in [6.45, 7) is 1.59. The molecule has 0 radical (unpaired) electrons. The second-order valence-electron chi connectivity index (χ2n) is 8.50. The zero-order valence-electron chi connectivity index (χ0n) is 20.1. The number of halogens is 1. The van der Waals surface area contributed by atoms with Crippen LogP contribution >= 0.6 is 22.9 Å². The molecule has 3 aromatic heterocycles. The van der Waals surface area contributed by atoms with E-state index in [1.54, 1.807) is 61.7 Å². The predicted octanol–water partition coefficient (Wildman–Crippen LogP) is 3.95. The Labute approximate surface area is 221 Å². The van der Waals surface area contributed by atoms with Gasteiger partial charge in [-0.1, -0.05) is 17.7 Å². The van der Waals surface area contributed by atoms with Crippen molar-refractivity contribution in [3.05, 3.63) is 91.0 Å². The predicted molar refractivity (Wildman–Crippen MR) is 141 cm³/mol. The van der Waals surface area contributed by atoms with Crippen molar-refractivity contribution in [2.75, 3.05) is 19.0 Å². The molecule has 4 rings (SSSR count). The number of ether oxygens (including phenoxy) is 2. The average molecular weight is 542 g/mol. The summed E-state index contributed by atoms with van der Waals surface area (Å²) in [5.41, 5.74) is -1.91. The van der Waals surface area contributed by atoms with Crippen LogP contribution in [-0.2, 0) is 22.6 Å². The first-order valence-electron chi connectivity index (χ1n) is 11.2. The Morgan fingerprint density at radius 1 is 1.11 bits per heavy atom. The van der Waals surface area contributed by atoms with Crippen LogP contribution in [0.5, 0.6) is 11.6 Å². The Kier molecular flexibility index (Phi) is 8.17. The molecule has 0 saturated carbocycles. The quantitative estimate of drug-likeness (QED) is 0.284. The molecule has 10 nitrogen and oxygen atoms in total. The number of aromatic nitrogens is 4. The number of carbonyl (C=O) groups is 1. The van der Waals surface area contributed by atoms with Crippen LogP contribution in [0.15, 0.2) is 70.4 Å². The van der Waals surface area contributed by atoms with E-state index >= 15 is 0 Å². The molecule has 0 saturated heterocycles. The lowest BCUT2D eigenvalue weighted by atomic mass is 9.94. The van der Waals surface area contributed by atoms with Gasteiger partial charge in [-0.3, -0.25) is 4.57 Å². The van der Waals surface area contributed by atoms with Crippen LogP contribution < -0.4 is 21.4 Å². The van der Waals surface area contributed by atoms with E-state index in [2.05, 4.69) is 15.3 Å². The number of carbonyl (C=O) groups excluding carboxylic acids is 1. The summed E-state index contributed by atoms with van der Waals surface area (Å²) < 4.78 is 13.7. The fourth-order valence-corrected chi connectivity index (χ4v) is 4.64. The number of thiophene rings is 1. The molecule has 0 spiro atoms. The second kappa shape index (κ2) is 11.5. The van der Waals surface area contributed by atoms with Crippen molar-refractivity contribution in [1.82, 2.24) is 19.1 Å². The molecule has 1 N–H and O–H groups in total. The fourth-order valence-electron chi connectivity index (χ4n) is 3.57. The Morgan fingerprint density at radius 2 is 1.89 bits per heavy atom. The van der Waals surface area contributed by atoms with Crippen molar-refractivity contribution < 1.29 is 14.3 Å². The van der Waals surface area contributed by atoms with E-state index in [1.807, 2.05) is 6.07 Å². The fraction of sp³-hybridized carbons (Fsp3) is 0.240. The second-order valence-corrected chi connectivity index (χ2v) is 10.3. The van der Waals surface area contributed by atoms with Crippen LogP contribution in [0.4, 0.5) is 11.6 Å². The highest BCUT2D eigenvalue weighted by Gasteiger charge is 2.27. The molecule has 1 unspecified atom stereocenters. The summed E-state index contributed by atoms with van der Waals surface area (Å²) >= 11 is 7.39. The van der Waals surface area contributed by atoms with E-state index in [-0.39, 0.29) is 25.6 Å². The van der Waals surface area contributed by atoms with Gasteiger partial charge in [0, 0.05) is 36.5 Å². The number of nitrogens with zero attached hydrogens (tertiary/aromatic N) is 4. The van der Waals surface area contributed by atoms with Gasteiger partial charge in [0.25, 0.3) is 0 Å². The van der Waals surface area contributed by atoms with Gasteiger partial charge in [0.1, 0.15) is 12.0 Å². The average Bonchev–Trinajstić information content (AvgIpc) is 3.31. The minimum absolute atomic E-state index is 0.0375. The Morgan fingerprint density at radius 3 is 2.51 bits per heavy atom. The maximum Gasteiger partial charge on any atom is 0.354 e. The summed E-state index contributed by atoms with van der Waals surface area (Å²) in [7, 11) is 1.45. The Hall–Kier alpha value is -3.80. The minimum Gasteiger partial charge on any atom is -0.439 e. The maximum atomic E-state index is 13.5. The van der Waals surface area contributed by atoms with E-state index in [4.69, 9.17) is 21.1 Å². The molecule has 1 aromatic carbocycles. The minimum atomic E-state index is -1.08. The molecule has 0 aliphatic heterocycles. The normalized spacial score (nSPS) is 12.6. The third-order valence-electron chi connectivity index (χ3n) is 5.34. The van der Waals surface area contributed by atoms with Crippen LogP contribution in [0.2, 0.25) is 4.34 Å². The topological polar surface area (TPSA) is 117 Å². The van der Waals surface area contributed by atoms with Crippen molar-refractivity contribution >= 4 is 40.9 Å². The molecule has 0 bridgehead atoms. The molecule has 0 aliphatic rings. The molecule has 192 valence electrons. The van der Waals surface area contributed by atoms with E-state index in [0.717, 1.165) is 9.44 Å². The third kappa shape index (κ3) is 6.50. The van der Waals surface area contributed by atoms with Gasteiger partial charge in [0.2, 0.25) is 11.8 Å². The molecule has 37 heavy (non-hydrogen) atoms. The van der Waals surface area contributed by atoms with Gasteiger partial charge in [0.05, 0.1) is 22.9 Å². The van der Waals surface area contributed by atoms with Gasteiger partial charge >= 0.3 is 11.4 Å². The summed E-state index contributed by atoms with van der Waals surface area (Å²) in [5.74, 6) is 1.06. The van der Waals surface area contributed by atoms with Crippen LogP contribution in [0.3, 0.4) is 0 Å². The van der Waals surface area contributed by atoms with Crippen molar-refractivity contribution in [3.8, 4) is 11.6 Å². The summed E-state index contributed by atoms with van der Waals surface area (Å²) in [4.78, 5) is 47.2. The standard InChI is InChI=1S/C25H24ClN5O5S/c1-25(15-32,16-35-2)14-31-23(33)29-22(30(24(31)34)13-19-10-11-20(26)37-19)28-17-6-8-18(9-7-17)36-21-5-3-4-12-27-21/h3-12,15H,13-14,16H2,1-2H3,(H,28,29,33). The molecule has 0 fully saturated rings. The summed E-state index contributed by atoms with van der Waals surface area (Å²) in [5, 5.41) is 3.05. The first-order valence-corrected chi connectivity index (χ1v) is 12.4. The number of hydrogen-bond donors (Lipinski definition) is 1. The van der Waals surface area contributed by atoms with Crippen molar-refractivity contribution in [2.24, 2.45) is 5.41 Å². The van der Waals surface area contributed by atoms with E-state index in [1.165, 1.54) is 23.0 Å². The number of hydrogen-bond acceptors (Lipinski definition) is 9. The van der Waals surface area contributed by atoms with Crippen LogP contribution in [0.1, 0.15) is 11.8 Å². The van der Waals surface area contributed by atoms with Crippen LogP contribution in [0.25, 0.3) is 0 Å². The number of anilines is 2. The van der Waals surface area contributed by atoms with Gasteiger partial charge in [-0.25, -0.2) is 19.1 Å². The van der Waals surface area contributed by atoms with Crippen LogP contribution in [0, 0.1) is 5.41 Å². The molecular formula is C25H24ClN5O5S. The van der Waals surface area contributed by atoms with E-state index in [0.29, 0.717) is 27.9 Å². The molecule has 3 heterocycles. The molecule has 1 atom stereocenters. The highest BCUT2D eigenvalue weighted by molar-refractivity contribution is 7.16. The monoisotopic (exact) mass is 541 g/mol. The lowest BCUT2D eigenvalue weighted by molar-refractivity contribution is -0.119. The molecular weight excluding hydrogens is 518 g/mol.